The molecule has 0 saturated heterocycles. The van der Waals surface area contributed by atoms with Gasteiger partial charge in [-0.25, -0.2) is 0 Å². The van der Waals surface area contributed by atoms with Crippen LogP contribution in [-0.2, 0) is 12.8 Å². The summed E-state index contributed by atoms with van der Waals surface area (Å²) < 4.78 is 0. The highest BCUT2D eigenvalue weighted by Crippen LogP contribution is 2.22. The third-order valence-corrected chi connectivity index (χ3v) is 2.36. The minimum atomic E-state index is 0.210. The summed E-state index contributed by atoms with van der Waals surface area (Å²) in [6.07, 6.45) is 4.65. The zero-order valence-corrected chi connectivity index (χ0v) is 6.83. The maximum Gasteiger partial charge on any atom is 0.0659 e. The minimum Gasteiger partial charge on any atom is -0.261 e. The fourth-order valence-electron chi connectivity index (χ4n) is 1.67. The van der Waals surface area contributed by atoms with Crippen LogP contribution in [0.5, 0.6) is 0 Å². The maximum absolute atomic E-state index is 8.75. The van der Waals surface area contributed by atoms with Crippen molar-refractivity contribution in [2.24, 2.45) is 5.92 Å². The average Bonchev–Trinajstić information content (AvgIpc) is 2.17. The normalized spacial score (nSPS) is 21.1. The number of pyridine rings is 1. The van der Waals surface area contributed by atoms with Crippen molar-refractivity contribution >= 4 is 0 Å². The van der Waals surface area contributed by atoms with Gasteiger partial charge in [0.1, 0.15) is 0 Å². The molecule has 2 nitrogen and oxygen atoms in total. The lowest BCUT2D eigenvalue weighted by Crippen LogP contribution is -2.13. The van der Waals surface area contributed by atoms with Crippen molar-refractivity contribution in [3.05, 3.63) is 29.6 Å². The Morgan fingerprint density at radius 2 is 2.50 bits per heavy atom. The largest absolute Gasteiger partial charge is 0.261 e. The van der Waals surface area contributed by atoms with Gasteiger partial charge in [0.25, 0.3) is 0 Å². The van der Waals surface area contributed by atoms with Crippen LogP contribution in [0.4, 0.5) is 0 Å². The van der Waals surface area contributed by atoms with Gasteiger partial charge in [-0.15, -0.1) is 0 Å². The molecule has 1 aliphatic rings. The van der Waals surface area contributed by atoms with Gasteiger partial charge in [0.15, 0.2) is 0 Å². The van der Waals surface area contributed by atoms with Gasteiger partial charge in [0, 0.05) is 11.9 Å². The van der Waals surface area contributed by atoms with Crippen molar-refractivity contribution in [1.29, 1.82) is 5.26 Å². The molecule has 12 heavy (non-hydrogen) atoms. The van der Waals surface area contributed by atoms with E-state index in [1.165, 1.54) is 11.3 Å². The van der Waals surface area contributed by atoms with Gasteiger partial charge < -0.3 is 0 Å². The van der Waals surface area contributed by atoms with Crippen LogP contribution in [0.25, 0.3) is 0 Å². The van der Waals surface area contributed by atoms with E-state index in [9.17, 15) is 0 Å². The summed E-state index contributed by atoms with van der Waals surface area (Å²) in [4.78, 5) is 4.28. The molecule has 0 amide bonds. The lowest BCUT2D eigenvalue weighted by molar-refractivity contribution is 0.554. The zero-order chi connectivity index (χ0) is 8.39. The van der Waals surface area contributed by atoms with E-state index in [-0.39, 0.29) is 5.92 Å². The van der Waals surface area contributed by atoms with Crippen molar-refractivity contribution in [3.8, 4) is 6.07 Å². The van der Waals surface area contributed by atoms with Gasteiger partial charge in [-0.2, -0.15) is 5.26 Å². The standard InChI is InChI=1S/C10H10N2/c11-7-8-3-4-10-9(6-8)2-1-5-12-10/h1-2,5,8H,3-4,6H2. The minimum absolute atomic E-state index is 0.210. The SMILES string of the molecule is N#CC1CCc2ncccc2C1. The highest BCUT2D eigenvalue weighted by molar-refractivity contribution is 5.24. The molecular weight excluding hydrogens is 148 g/mol. The van der Waals surface area contributed by atoms with Crippen molar-refractivity contribution in [2.45, 2.75) is 19.3 Å². The van der Waals surface area contributed by atoms with Crippen molar-refractivity contribution in [1.82, 2.24) is 4.98 Å². The van der Waals surface area contributed by atoms with Crippen molar-refractivity contribution in [3.63, 3.8) is 0 Å². The van der Waals surface area contributed by atoms with Crippen LogP contribution in [0, 0.1) is 17.2 Å². The molecule has 0 radical (unpaired) electrons. The number of nitrogens with zero attached hydrogens (tertiary/aromatic N) is 2. The highest BCUT2D eigenvalue weighted by Gasteiger charge is 2.17. The van der Waals surface area contributed by atoms with Crippen molar-refractivity contribution < 1.29 is 0 Å². The van der Waals surface area contributed by atoms with Crippen LogP contribution in [0.2, 0.25) is 0 Å². The number of hydrogen-bond donors (Lipinski definition) is 0. The second-order valence-electron chi connectivity index (χ2n) is 3.18. The van der Waals surface area contributed by atoms with Crippen LogP contribution < -0.4 is 0 Å². The van der Waals surface area contributed by atoms with Crippen LogP contribution in [0.1, 0.15) is 17.7 Å². The van der Waals surface area contributed by atoms with E-state index in [0.29, 0.717) is 0 Å². The summed E-state index contributed by atoms with van der Waals surface area (Å²) in [7, 11) is 0. The van der Waals surface area contributed by atoms with Gasteiger partial charge in [-0.1, -0.05) is 6.07 Å². The molecule has 1 atom stereocenters. The Hall–Kier alpha value is -1.36. The molecule has 0 bridgehead atoms. The Labute approximate surface area is 71.9 Å². The summed E-state index contributed by atoms with van der Waals surface area (Å²) in [5.74, 6) is 0.210. The molecule has 2 heteroatoms. The summed E-state index contributed by atoms with van der Waals surface area (Å²) in [5.41, 5.74) is 2.44. The molecule has 0 aromatic carbocycles. The molecule has 2 rings (SSSR count). The summed E-state index contributed by atoms with van der Waals surface area (Å²) in [6.45, 7) is 0. The van der Waals surface area contributed by atoms with Crippen molar-refractivity contribution in [2.75, 3.05) is 0 Å². The predicted octanol–water partition coefficient (Wildman–Crippen LogP) is 1.71. The molecule has 1 aliphatic carbocycles. The molecule has 60 valence electrons. The Bertz CT molecular complexity index is 325. The highest BCUT2D eigenvalue weighted by atomic mass is 14.7. The smallest absolute Gasteiger partial charge is 0.0659 e. The zero-order valence-electron chi connectivity index (χ0n) is 6.83. The van der Waals surface area contributed by atoms with E-state index in [0.717, 1.165) is 19.3 Å². The Morgan fingerprint density at radius 1 is 1.58 bits per heavy atom. The van der Waals surface area contributed by atoms with Gasteiger partial charge in [0.05, 0.1) is 12.0 Å². The van der Waals surface area contributed by atoms with Gasteiger partial charge >= 0.3 is 0 Å². The predicted molar refractivity (Wildman–Crippen MR) is 45.4 cm³/mol. The first-order valence-electron chi connectivity index (χ1n) is 4.22. The molecular formula is C10H10N2. The van der Waals surface area contributed by atoms with E-state index in [2.05, 4.69) is 17.1 Å². The number of nitriles is 1. The van der Waals surface area contributed by atoms with E-state index < -0.39 is 0 Å². The topological polar surface area (TPSA) is 36.7 Å². The van der Waals surface area contributed by atoms with E-state index in [4.69, 9.17) is 5.26 Å². The third-order valence-electron chi connectivity index (χ3n) is 2.36. The number of aryl methyl sites for hydroxylation is 1. The molecule has 1 aromatic heterocycles. The molecule has 1 unspecified atom stereocenters. The third kappa shape index (κ3) is 1.18. The second kappa shape index (κ2) is 2.94. The quantitative estimate of drug-likeness (QED) is 0.576. The first-order chi connectivity index (χ1) is 5.90. The molecule has 1 heterocycles. The second-order valence-corrected chi connectivity index (χ2v) is 3.18. The summed E-state index contributed by atoms with van der Waals surface area (Å²) >= 11 is 0. The average molecular weight is 158 g/mol. The monoisotopic (exact) mass is 158 g/mol. The summed E-state index contributed by atoms with van der Waals surface area (Å²) in [6, 6.07) is 6.34. The molecule has 0 N–H and O–H groups in total. The van der Waals surface area contributed by atoms with E-state index in [1.54, 1.807) is 0 Å². The number of rotatable bonds is 0. The molecule has 0 saturated carbocycles. The Morgan fingerprint density at radius 3 is 3.33 bits per heavy atom. The summed E-state index contributed by atoms with van der Waals surface area (Å²) in [5, 5.41) is 8.75. The molecule has 0 spiro atoms. The van der Waals surface area contributed by atoms with Gasteiger partial charge in [-0.05, 0) is 30.9 Å². The van der Waals surface area contributed by atoms with Crippen LogP contribution in [0.15, 0.2) is 18.3 Å². The van der Waals surface area contributed by atoms with Gasteiger partial charge in [-0.3, -0.25) is 4.98 Å². The maximum atomic E-state index is 8.75. The fraction of sp³-hybridized carbons (Fsp3) is 0.400. The van der Waals surface area contributed by atoms with Crippen LogP contribution >= 0.6 is 0 Å². The molecule has 0 aliphatic heterocycles. The molecule has 0 fully saturated rings. The van der Waals surface area contributed by atoms with Crippen LogP contribution in [0.3, 0.4) is 0 Å². The lowest BCUT2D eigenvalue weighted by Gasteiger charge is -2.17. The number of aromatic nitrogens is 1. The van der Waals surface area contributed by atoms with Crippen LogP contribution in [-0.4, -0.2) is 4.98 Å². The van der Waals surface area contributed by atoms with E-state index >= 15 is 0 Å². The number of fused-ring (bicyclic) bond motifs is 1. The first-order valence-corrected chi connectivity index (χ1v) is 4.22. The Kier molecular flexibility index (Phi) is 1.79. The number of hydrogen-bond acceptors (Lipinski definition) is 2. The first kappa shape index (κ1) is 7.30. The van der Waals surface area contributed by atoms with Gasteiger partial charge in [0.2, 0.25) is 0 Å². The fourth-order valence-corrected chi connectivity index (χ4v) is 1.67. The van der Waals surface area contributed by atoms with E-state index in [1.807, 2.05) is 12.3 Å². The molecule has 1 aromatic rings. The lowest BCUT2D eigenvalue weighted by atomic mass is 9.88. The Balaban J connectivity index is 2.30.